The molecule has 0 radical (unpaired) electrons. The van der Waals surface area contributed by atoms with Crippen molar-refractivity contribution >= 4 is 21.5 Å². The van der Waals surface area contributed by atoms with Crippen molar-refractivity contribution in [2.45, 2.75) is 45.4 Å². The van der Waals surface area contributed by atoms with Gasteiger partial charge in [0.1, 0.15) is 6.54 Å². The highest BCUT2D eigenvalue weighted by atomic mass is 32.2. The van der Waals surface area contributed by atoms with Gasteiger partial charge >= 0.3 is 0 Å². The number of hydrogen-bond donors (Lipinski definition) is 1. The molecule has 4 rings (SSSR count). The van der Waals surface area contributed by atoms with E-state index in [4.69, 9.17) is 4.55 Å². The Kier molecular flexibility index (Phi) is 4.28. The molecule has 0 fully saturated rings. The van der Waals surface area contributed by atoms with Crippen LogP contribution >= 0.6 is 0 Å². The van der Waals surface area contributed by atoms with Gasteiger partial charge in [0.05, 0.1) is 11.2 Å². The summed E-state index contributed by atoms with van der Waals surface area (Å²) in [5.74, 6) is -0.204. The van der Waals surface area contributed by atoms with E-state index in [1.54, 1.807) is 0 Å². The van der Waals surface area contributed by atoms with E-state index in [9.17, 15) is 8.42 Å². The van der Waals surface area contributed by atoms with E-state index in [1.165, 1.54) is 39.2 Å². The van der Waals surface area contributed by atoms with Gasteiger partial charge in [-0.05, 0) is 55.0 Å². The minimum atomic E-state index is -3.92. The Morgan fingerprint density at radius 3 is 2.56 bits per heavy atom. The molecule has 0 spiro atoms. The van der Waals surface area contributed by atoms with Crippen LogP contribution in [0.4, 0.5) is 5.69 Å². The molecule has 4 nitrogen and oxygen atoms in total. The summed E-state index contributed by atoms with van der Waals surface area (Å²) in [6, 6.07) is 13.0. The van der Waals surface area contributed by atoms with Gasteiger partial charge < -0.3 is 0 Å². The molecule has 27 heavy (non-hydrogen) atoms. The van der Waals surface area contributed by atoms with Crippen LogP contribution < -0.4 is 0 Å². The van der Waals surface area contributed by atoms with Gasteiger partial charge in [-0.15, -0.1) is 0 Å². The summed E-state index contributed by atoms with van der Waals surface area (Å²) in [5, 5.41) is 0. The van der Waals surface area contributed by atoms with Gasteiger partial charge in [0.15, 0.2) is 5.71 Å². The zero-order valence-electron chi connectivity index (χ0n) is 16.1. The van der Waals surface area contributed by atoms with Crippen LogP contribution in [0.1, 0.15) is 43.9 Å². The number of benzene rings is 2. The van der Waals surface area contributed by atoms with E-state index in [0.29, 0.717) is 13.0 Å². The summed E-state index contributed by atoms with van der Waals surface area (Å²) < 4.78 is 33.5. The van der Waals surface area contributed by atoms with Gasteiger partial charge in [-0.25, -0.2) is 0 Å². The molecule has 142 valence electrons. The highest BCUT2D eigenvalue weighted by molar-refractivity contribution is 7.85. The zero-order valence-corrected chi connectivity index (χ0v) is 16.9. The van der Waals surface area contributed by atoms with Gasteiger partial charge in [0.2, 0.25) is 5.69 Å². The minimum Gasteiger partial charge on any atom is -0.286 e. The van der Waals surface area contributed by atoms with Crippen LogP contribution in [-0.2, 0) is 28.4 Å². The first-order valence-corrected chi connectivity index (χ1v) is 11.1. The van der Waals surface area contributed by atoms with Crippen LogP contribution in [0.15, 0.2) is 36.4 Å². The Hall–Kier alpha value is -1.98. The maximum absolute atomic E-state index is 11.1. The third-order valence-corrected chi connectivity index (χ3v) is 7.06. The lowest BCUT2D eigenvalue weighted by molar-refractivity contribution is -0.438. The van der Waals surface area contributed by atoms with Crippen molar-refractivity contribution in [1.82, 2.24) is 0 Å². The van der Waals surface area contributed by atoms with Crippen LogP contribution in [0.25, 0.3) is 11.1 Å². The maximum Gasteiger partial charge on any atom is 0.265 e. The quantitative estimate of drug-likeness (QED) is 0.637. The molecule has 0 amide bonds. The predicted octanol–water partition coefficient (Wildman–Crippen LogP) is 4.13. The van der Waals surface area contributed by atoms with Crippen molar-refractivity contribution in [1.29, 1.82) is 0 Å². The average molecular weight is 385 g/mol. The van der Waals surface area contributed by atoms with Crippen molar-refractivity contribution in [2.75, 3.05) is 12.3 Å². The van der Waals surface area contributed by atoms with E-state index in [0.717, 1.165) is 12.8 Å². The van der Waals surface area contributed by atoms with Crippen LogP contribution in [0, 0.1) is 0 Å². The second kappa shape index (κ2) is 6.28. The largest absolute Gasteiger partial charge is 0.286 e. The fourth-order valence-corrected chi connectivity index (χ4v) is 5.22. The van der Waals surface area contributed by atoms with Crippen LogP contribution in [0.2, 0.25) is 0 Å². The molecule has 0 aromatic heterocycles. The molecule has 5 heteroatoms. The lowest BCUT2D eigenvalue weighted by Crippen LogP contribution is -2.28. The molecule has 2 aliphatic rings. The standard InChI is InChI=1S/C22H25NO3S/c1-15-22(2,3)21-19-10-9-16-7-4-5-8-17(16)18(19)11-12-20(21)23(15)13-6-14-27(24,25)26/h4-5,7-8,11-12H,6,9-10,13-14H2,1-3H3/p+1. The molecular weight excluding hydrogens is 358 g/mol. The lowest BCUT2D eigenvalue weighted by Gasteiger charge is -2.25. The summed E-state index contributed by atoms with van der Waals surface area (Å²) in [5.41, 5.74) is 9.20. The molecule has 1 aliphatic heterocycles. The second-order valence-electron chi connectivity index (χ2n) is 8.14. The normalized spacial score (nSPS) is 17.5. The molecule has 0 atom stereocenters. The fraction of sp³-hybridized carbons (Fsp3) is 0.409. The SMILES string of the molecule is CC1=[N+](CCCS(=O)(=O)O)c2ccc3c(c2C1(C)C)CCc1ccccc1-3. The van der Waals surface area contributed by atoms with E-state index < -0.39 is 10.1 Å². The van der Waals surface area contributed by atoms with Crippen molar-refractivity contribution < 1.29 is 17.5 Å². The first kappa shape index (κ1) is 18.4. The summed E-state index contributed by atoms with van der Waals surface area (Å²) in [4.78, 5) is 0. The first-order valence-electron chi connectivity index (χ1n) is 9.51. The number of fused-ring (bicyclic) bond motifs is 5. The van der Waals surface area contributed by atoms with Gasteiger partial charge in [0, 0.05) is 25.0 Å². The van der Waals surface area contributed by atoms with Crippen molar-refractivity contribution in [3.05, 3.63) is 53.1 Å². The number of aryl methyl sites for hydroxylation is 1. The minimum absolute atomic E-state index is 0.0922. The Bertz CT molecular complexity index is 1060. The molecular formula is C22H26NO3S+. The molecule has 2 aromatic rings. The average Bonchev–Trinajstić information content (AvgIpc) is 2.81. The molecule has 1 N–H and O–H groups in total. The molecule has 0 saturated carbocycles. The Morgan fingerprint density at radius 1 is 1.07 bits per heavy atom. The van der Waals surface area contributed by atoms with Crippen molar-refractivity contribution in [2.24, 2.45) is 0 Å². The summed E-state index contributed by atoms with van der Waals surface area (Å²) in [6.07, 6.45) is 2.49. The van der Waals surface area contributed by atoms with Gasteiger partial charge in [-0.3, -0.25) is 4.55 Å². The highest BCUT2D eigenvalue weighted by Crippen LogP contribution is 2.47. The topological polar surface area (TPSA) is 57.4 Å². The molecule has 2 aromatic carbocycles. The van der Waals surface area contributed by atoms with E-state index >= 15 is 0 Å². The van der Waals surface area contributed by atoms with Gasteiger partial charge in [-0.1, -0.05) is 24.3 Å². The Labute approximate surface area is 161 Å². The van der Waals surface area contributed by atoms with E-state index in [2.05, 4.69) is 61.7 Å². The predicted molar refractivity (Wildman–Crippen MR) is 109 cm³/mol. The lowest BCUT2D eigenvalue weighted by atomic mass is 9.74. The fourth-order valence-electron chi connectivity index (χ4n) is 4.72. The van der Waals surface area contributed by atoms with Crippen molar-refractivity contribution in [3.63, 3.8) is 0 Å². The van der Waals surface area contributed by atoms with E-state index in [-0.39, 0.29) is 11.2 Å². The number of rotatable bonds is 4. The molecule has 0 bridgehead atoms. The van der Waals surface area contributed by atoms with Gasteiger partial charge in [-0.2, -0.15) is 13.0 Å². The summed E-state index contributed by atoms with van der Waals surface area (Å²) >= 11 is 0. The number of hydrogen-bond acceptors (Lipinski definition) is 2. The Balaban J connectivity index is 1.79. The highest BCUT2D eigenvalue weighted by Gasteiger charge is 2.45. The summed E-state index contributed by atoms with van der Waals surface area (Å²) in [6.45, 7) is 7.24. The third kappa shape index (κ3) is 3.03. The smallest absolute Gasteiger partial charge is 0.265 e. The van der Waals surface area contributed by atoms with Gasteiger partial charge in [0.25, 0.3) is 10.1 Å². The van der Waals surface area contributed by atoms with Crippen LogP contribution in [-0.4, -0.2) is 35.6 Å². The maximum atomic E-state index is 11.1. The monoisotopic (exact) mass is 384 g/mol. The van der Waals surface area contributed by atoms with E-state index in [1.807, 2.05) is 0 Å². The Morgan fingerprint density at radius 2 is 1.81 bits per heavy atom. The number of nitrogens with zero attached hydrogens (tertiary/aromatic N) is 1. The second-order valence-corrected chi connectivity index (χ2v) is 9.72. The molecule has 1 heterocycles. The first-order chi connectivity index (χ1) is 12.7. The summed E-state index contributed by atoms with van der Waals surface area (Å²) in [7, 11) is -3.92. The van der Waals surface area contributed by atoms with Crippen LogP contribution in [0.5, 0.6) is 0 Å². The molecule has 1 aliphatic carbocycles. The molecule has 0 unspecified atom stereocenters. The van der Waals surface area contributed by atoms with Crippen LogP contribution in [0.3, 0.4) is 0 Å². The third-order valence-electron chi connectivity index (χ3n) is 6.25. The van der Waals surface area contributed by atoms with Crippen molar-refractivity contribution in [3.8, 4) is 11.1 Å². The molecule has 0 saturated heterocycles. The zero-order chi connectivity index (χ0) is 19.4.